The Morgan fingerprint density at radius 3 is 2.80 bits per heavy atom. The molecule has 1 rings (SSSR count). The number of carbonyl (C=O) groups excluding carboxylic acids is 1. The maximum absolute atomic E-state index is 11.3. The second-order valence-electron chi connectivity index (χ2n) is 4.03. The topological polar surface area (TPSA) is 41.1 Å². The van der Waals surface area contributed by atoms with Crippen LogP contribution in [0.25, 0.3) is 0 Å². The molecule has 0 aliphatic carbocycles. The summed E-state index contributed by atoms with van der Waals surface area (Å²) in [6, 6.07) is 0. The van der Waals surface area contributed by atoms with Crippen LogP contribution in [0.3, 0.4) is 0 Å². The van der Waals surface area contributed by atoms with Crippen molar-refractivity contribution in [3.8, 4) is 0 Å². The summed E-state index contributed by atoms with van der Waals surface area (Å²) in [7, 11) is 1.86. The lowest BCUT2D eigenvalue weighted by Crippen LogP contribution is -2.37. The van der Waals surface area contributed by atoms with Crippen molar-refractivity contribution in [3.63, 3.8) is 0 Å². The van der Waals surface area contributed by atoms with Crippen LogP contribution >= 0.6 is 24.2 Å². The number of amides is 1. The summed E-state index contributed by atoms with van der Waals surface area (Å²) in [5.41, 5.74) is 0. The van der Waals surface area contributed by atoms with E-state index in [1.165, 1.54) is 18.6 Å². The molecule has 1 aliphatic heterocycles. The van der Waals surface area contributed by atoms with Crippen molar-refractivity contribution < 1.29 is 4.79 Å². The van der Waals surface area contributed by atoms with Crippen molar-refractivity contribution in [1.82, 2.24) is 10.6 Å². The Bertz CT molecular complexity index is 196. The Labute approximate surface area is 103 Å². The number of rotatable bonds is 5. The predicted molar refractivity (Wildman–Crippen MR) is 68.9 cm³/mol. The second kappa shape index (κ2) is 7.36. The first-order chi connectivity index (χ1) is 6.66. The van der Waals surface area contributed by atoms with Gasteiger partial charge in [-0.05, 0) is 32.6 Å². The van der Waals surface area contributed by atoms with Crippen LogP contribution in [0.5, 0.6) is 0 Å². The van der Waals surface area contributed by atoms with Crippen LogP contribution < -0.4 is 10.6 Å². The summed E-state index contributed by atoms with van der Waals surface area (Å²) in [6.45, 7) is 3.82. The molecule has 2 N–H and O–H groups in total. The molecule has 5 heteroatoms. The molecule has 90 valence electrons. The summed E-state index contributed by atoms with van der Waals surface area (Å²) in [6.07, 6.45) is 3.09. The Morgan fingerprint density at radius 1 is 1.53 bits per heavy atom. The molecule has 15 heavy (non-hydrogen) atoms. The third-order valence-corrected chi connectivity index (χ3v) is 4.10. The Kier molecular flexibility index (Phi) is 7.40. The number of halogens is 1. The van der Waals surface area contributed by atoms with Gasteiger partial charge in [-0.3, -0.25) is 4.79 Å². The van der Waals surface area contributed by atoms with E-state index in [1.807, 2.05) is 18.8 Å². The van der Waals surface area contributed by atoms with Crippen molar-refractivity contribution in [1.29, 1.82) is 0 Å². The molecule has 1 amide bonds. The smallest absolute Gasteiger partial charge is 0.221 e. The Balaban J connectivity index is 0.00000196. The Hall–Kier alpha value is 0.0700. The lowest BCUT2D eigenvalue weighted by Gasteiger charge is -2.22. The largest absolute Gasteiger partial charge is 0.355 e. The molecule has 3 nitrogen and oxygen atoms in total. The van der Waals surface area contributed by atoms with Crippen molar-refractivity contribution in [3.05, 3.63) is 0 Å². The number of carbonyl (C=O) groups is 1. The molecule has 0 aromatic heterocycles. The fourth-order valence-corrected chi connectivity index (χ4v) is 2.83. The van der Waals surface area contributed by atoms with Crippen molar-refractivity contribution in [2.75, 3.05) is 25.9 Å². The van der Waals surface area contributed by atoms with Gasteiger partial charge in [0, 0.05) is 24.3 Å². The standard InChI is InChI=1S/C10H20N2OS.ClH/c1-10(5-3-7-14-10)8-12-9(13)4-6-11-2;/h11H,3-8H2,1-2H3,(H,12,13);1H. The van der Waals surface area contributed by atoms with Crippen molar-refractivity contribution in [2.24, 2.45) is 0 Å². The van der Waals surface area contributed by atoms with Crippen molar-refractivity contribution in [2.45, 2.75) is 30.9 Å². The van der Waals surface area contributed by atoms with E-state index in [9.17, 15) is 4.79 Å². The van der Waals surface area contributed by atoms with E-state index < -0.39 is 0 Å². The molecule has 1 atom stereocenters. The molecular weight excluding hydrogens is 232 g/mol. The SMILES string of the molecule is CNCCC(=O)NCC1(C)CCCS1.Cl. The van der Waals surface area contributed by atoms with Gasteiger partial charge in [0.15, 0.2) is 0 Å². The highest BCUT2D eigenvalue weighted by Crippen LogP contribution is 2.36. The monoisotopic (exact) mass is 252 g/mol. The van der Waals surface area contributed by atoms with Crippen LogP contribution in [0.4, 0.5) is 0 Å². The molecule has 0 saturated carbocycles. The number of hydrogen-bond acceptors (Lipinski definition) is 3. The highest BCUT2D eigenvalue weighted by Gasteiger charge is 2.29. The van der Waals surface area contributed by atoms with Crippen molar-refractivity contribution >= 4 is 30.1 Å². The van der Waals surface area contributed by atoms with Gasteiger partial charge >= 0.3 is 0 Å². The minimum Gasteiger partial charge on any atom is -0.355 e. The molecule has 0 bridgehead atoms. The van der Waals surface area contributed by atoms with Gasteiger partial charge in [-0.15, -0.1) is 12.4 Å². The Morgan fingerprint density at radius 2 is 2.27 bits per heavy atom. The minimum absolute atomic E-state index is 0. The third-order valence-electron chi connectivity index (χ3n) is 2.56. The van der Waals surface area contributed by atoms with E-state index in [2.05, 4.69) is 17.6 Å². The van der Waals surface area contributed by atoms with Gasteiger partial charge in [-0.1, -0.05) is 0 Å². The zero-order chi connectivity index (χ0) is 10.4. The zero-order valence-electron chi connectivity index (χ0n) is 9.47. The molecule has 0 radical (unpaired) electrons. The van der Waals surface area contributed by atoms with E-state index in [0.717, 1.165) is 13.1 Å². The number of thioether (sulfide) groups is 1. The van der Waals surface area contributed by atoms with Gasteiger partial charge in [-0.2, -0.15) is 11.8 Å². The maximum Gasteiger partial charge on any atom is 0.221 e. The highest BCUT2D eigenvalue weighted by atomic mass is 35.5. The van der Waals surface area contributed by atoms with E-state index in [0.29, 0.717) is 6.42 Å². The van der Waals surface area contributed by atoms with Gasteiger partial charge < -0.3 is 10.6 Å². The summed E-state index contributed by atoms with van der Waals surface area (Å²) in [5.74, 6) is 1.40. The second-order valence-corrected chi connectivity index (χ2v) is 5.71. The van der Waals surface area contributed by atoms with Crippen LogP contribution in [0.15, 0.2) is 0 Å². The highest BCUT2D eigenvalue weighted by molar-refractivity contribution is 8.00. The molecule has 0 aromatic rings. The minimum atomic E-state index is 0. The molecule has 0 spiro atoms. The predicted octanol–water partition coefficient (Wildman–Crippen LogP) is 1.42. The summed E-state index contributed by atoms with van der Waals surface area (Å²) in [5, 5.41) is 5.97. The first kappa shape index (κ1) is 15.1. The van der Waals surface area contributed by atoms with E-state index in [1.54, 1.807) is 0 Å². The molecule has 0 aromatic carbocycles. The van der Waals surface area contributed by atoms with Crippen LogP contribution in [0.2, 0.25) is 0 Å². The summed E-state index contributed by atoms with van der Waals surface area (Å²) in [4.78, 5) is 11.3. The zero-order valence-corrected chi connectivity index (χ0v) is 11.1. The van der Waals surface area contributed by atoms with Gasteiger partial charge in [0.05, 0.1) is 0 Å². The summed E-state index contributed by atoms with van der Waals surface area (Å²) >= 11 is 1.98. The average molecular weight is 253 g/mol. The lowest BCUT2D eigenvalue weighted by atomic mass is 10.1. The van der Waals surface area contributed by atoms with Gasteiger partial charge in [0.2, 0.25) is 5.91 Å². The molecular formula is C10H21ClN2OS. The third kappa shape index (κ3) is 5.64. The molecule has 1 heterocycles. The van der Waals surface area contributed by atoms with Gasteiger partial charge in [0.1, 0.15) is 0 Å². The average Bonchev–Trinajstić information content (AvgIpc) is 2.60. The van der Waals surface area contributed by atoms with Crippen LogP contribution in [0.1, 0.15) is 26.2 Å². The van der Waals surface area contributed by atoms with E-state index in [-0.39, 0.29) is 23.1 Å². The van der Waals surface area contributed by atoms with Gasteiger partial charge in [0.25, 0.3) is 0 Å². The molecule has 1 saturated heterocycles. The van der Waals surface area contributed by atoms with Crippen LogP contribution in [-0.2, 0) is 4.79 Å². The quantitative estimate of drug-likeness (QED) is 0.778. The molecule has 1 aliphatic rings. The molecule has 1 fully saturated rings. The fraction of sp³-hybridized carbons (Fsp3) is 0.900. The maximum atomic E-state index is 11.3. The first-order valence-electron chi connectivity index (χ1n) is 5.21. The normalized spacial score (nSPS) is 24.7. The van der Waals surface area contributed by atoms with E-state index >= 15 is 0 Å². The molecule has 1 unspecified atom stereocenters. The van der Waals surface area contributed by atoms with Crippen LogP contribution in [-0.4, -0.2) is 36.5 Å². The van der Waals surface area contributed by atoms with Crippen LogP contribution in [0, 0.1) is 0 Å². The lowest BCUT2D eigenvalue weighted by molar-refractivity contribution is -0.121. The van der Waals surface area contributed by atoms with Gasteiger partial charge in [-0.25, -0.2) is 0 Å². The summed E-state index contributed by atoms with van der Waals surface area (Å²) < 4.78 is 0.287. The van der Waals surface area contributed by atoms with E-state index in [4.69, 9.17) is 0 Å². The fourth-order valence-electron chi connectivity index (χ4n) is 1.59. The number of hydrogen-bond donors (Lipinski definition) is 2. The first-order valence-corrected chi connectivity index (χ1v) is 6.20. The number of nitrogens with one attached hydrogen (secondary N) is 2.